The highest BCUT2D eigenvalue weighted by Gasteiger charge is 2.11. The maximum absolute atomic E-state index is 12.2. The average Bonchev–Trinajstić information content (AvgIpc) is 3.08. The lowest BCUT2D eigenvalue weighted by Crippen LogP contribution is -2.21. The number of aromatic nitrogens is 3. The van der Waals surface area contributed by atoms with E-state index in [-0.39, 0.29) is 12.5 Å². The summed E-state index contributed by atoms with van der Waals surface area (Å²) in [5.41, 5.74) is 1.48. The van der Waals surface area contributed by atoms with Crippen molar-refractivity contribution >= 4 is 11.6 Å². The van der Waals surface area contributed by atoms with Crippen molar-refractivity contribution in [2.24, 2.45) is 0 Å². The number of rotatable bonds is 6. The quantitative estimate of drug-likeness (QED) is 0.740. The van der Waals surface area contributed by atoms with Gasteiger partial charge in [0.15, 0.2) is 12.4 Å². The number of aryl methyl sites for hydroxylation is 1. The molecule has 0 unspecified atom stereocenters. The molecule has 0 fully saturated rings. The van der Waals surface area contributed by atoms with Gasteiger partial charge in [-0.2, -0.15) is 5.26 Å². The number of nitrogens with one attached hydrogen (secondary N) is 1. The first-order chi connectivity index (χ1) is 12.7. The molecule has 0 aliphatic rings. The van der Waals surface area contributed by atoms with E-state index in [9.17, 15) is 4.79 Å². The summed E-state index contributed by atoms with van der Waals surface area (Å²) in [6.45, 7) is 1.73. The van der Waals surface area contributed by atoms with Crippen molar-refractivity contribution in [2.45, 2.75) is 13.3 Å². The number of benzene rings is 1. The lowest BCUT2D eigenvalue weighted by Gasteiger charge is -2.12. The zero-order chi connectivity index (χ0) is 18.4. The van der Waals surface area contributed by atoms with Crippen molar-refractivity contribution < 1.29 is 9.53 Å². The van der Waals surface area contributed by atoms with E-state index < -0.39 is 0 Å². The molecule has 2 heterocycles. The van der Waals surface area contributed by atoms with E-state index in [1.807, 2.05) is 6.92 Å². The van der Waals surface area contributed by atoms with Gasteiger partial charge in [-0.1, -0.05) is 12.1 Å². The van der Waals surface area contributed by atoms with E-state index in [0.29, 0.717) is 23.7 Å². The minimum atomic E-state index is -0.293. The van der Waals surface area contributed by atoms with Crippen LogP contribution in [0.1, 0.15) is 11.4 Å². The van der Waals surface area contributed by atoms with Crippen LogP contribution in [0.25, 0.3) is 5.82 Å². The van der Waals surface area contributed by atoms with Crippen LogP contribution < -0.4 is 10.1 Å². The third kappa shape index (κ3) is 4.05. The van der Waals surface area contributed by atoms with Gasteiger partial charge in [0.2, 0.25) is 0 Å². The Kier molecular flexibility index (Phi) is 5.25. The van der Waals surface area contributed by atoms with Crippen LogP contribution in [-0.2, 0) is 11.2 Å². The Morgan fingerprint density at radius 3 is 2.73 bits per heavy atom. The Morgan fingerprint density at radius 2 is 2.04 bits per heavy atom. The minimum absolute atomic E-state index is 0.130. The van der Waals surface area contributed by atoms with Crippen LogP contribution in [0.5, 0.6) is 5.75 Å². The van der Waals surface area contributed by atoms with Crippen molar-refractivity contribution in [3.8, 4) is 17.6 Å². The molecule has 26 heavy (non-hydrogen) atoms. The Morgan fingerprint density at radius 1 is 1.23 bits per heavy atom. The van der Waals surface area contributed by atoms with Gasteiger partial charge in [0.1, 0.15) is 11.6 Å². The highest BCUT2D eigenvalue weighted by molar-refractivity contribution is 5.93. The second-order valence-corrected chi connectivity index (χ2v) is 5.53. The van der Waals surface area contributed by atoms with Gasteiger partial charge in [-0.05, 0) is 36.8 Å². The molecule has 7 nitrogen and oxygen atoms in total. The fourth-order valence-electron chi connectivity index (χ4n) is 2.42. The molecular weight excluding hydrogens is 330 g/mol. The van der Waals surface area contributed by atoms with Crippen LogP contribution in [0.3, 0.4) is 0 Å². The Hall–Kier alpha value is -3.66. The molecule has 1 amide bonds. The van der Waals surface area contributed by atoms with Crippen LogP contribution in [0.15, 0.2) is 55.0 Å². The van der Waals surface area contributed by atoms with Crippen LogP contribution in [-0.4, -0.2) is 27.0 Å². The van der Waals surface area contributed by atoms with Crippen molar-refractivity contribution in [3.05, 3.63) is 66.4 Å². The zero-order valence-electron chi connectivity index (χ0n) is 14.2. The van der Waals surface area contributed by atoms with E-state index in [0.717, 1.165) is 11.4 Å². The summed E-state index contributed by atoms with van der Waals surface area (Å²) in [4.78, 5) is 20.7. The number of imidazole rings is 1. The number of anilines is 1. The van der Waals surface area contributed by atoms with Crippen molar-refractivity contribution in [3.63, 3.8) is 0 Å². The first-order valence-electron chi connectivity index (χ1n) is 8.01. The normalized spacial score (nSPS) is 10.2. The first-order valence-corrected chi connectivity index (χ1v) is 8.01. The number of amides is 1. The number of hydrogen-bond acceptors (Lipinski definition) is 5. The van der Waals surface area contributed by atoms with E-state index in [2.05, 4.69) is 21.4 Å². The largest absolute Gasteiger partial charge is 0.484 e. The third-order valence-corrected chi connectivity index (χ3v) is 3.69. The monoisotopic (exact) mass is 347 g/mol. The maximum atomic E-state index is 12.2. The van der Waals surface area contributed by atoms with Gasteiger partial charge in [-0.25, -0.2) is 9.97 Å². The summed E-state index contributed by atoms with van der Waals surface area (Å²) >= 11 is 0. The molecule has 130 valence electrons. The number of nitriles is 1. The summed E-state index contributed by atoms with van der Waals surface area (Å²) in [5, 5.41) is 11.5. The molecule has 3 rings (SSSR count). The Labute approximate surface area is 150 Å². The van der Waals surface area contributed by atoms with Gasteiger partial charge in [0, 0.05) is 18.6 Å². The van der Waals surface area contributed by atoms with E-state index in [1.165, 1.54) is 0 Å². The minimum Gasteiger partial charge on any atom is -0.484 e. The number of carbonyl (C=O) groups excluding carboxylic acids is 1. The van der Waals surface area contributed by atoms with E-state index >= 15 is 0 Å². The van der Waals surface area contributed by atoms with Crippen LogP contribution in [0, 0.1) is 18.3 Å². The zero-order valence-corrected chi connectivity index (χ0v) is 14.2. The summed E-state index contributed by atoms with van der Waals surface area (Å²) < 4.78 is 7.29. The summed E-state index contributed by atoms with van der Waals surface area (Å²) in [6, 6.07) is 12.7. The molecule has 0 aliphatic heterocycles. The van der Waals surface area contributed by atoms with Crippen LogP contribution >= 0.6 is 0 Å². The van der Waals surface area contributed by atoms with Crippen molar-refractivity contribution in [1.29, 1.82) is 5.26 Å². The van der Waals surface area contributed by atoms with Crippen LogP contribution in [0.2, 0.25) is 0 Å². The third-order valence-electron chi connectivity index (χ3n) is 3.69. The molecule has 1 N–H and O–H groups in total. The predicted molar refractivity (Wildman–Crippen MR) is 96.0 cm³/mol. The molecule has 0 aliphatic carbocycles. The summed E-state index contributed by atoms with van der Waals surface area (Å²) in [7, 11) is 0. The number of nitrogens with zero attached hydrogens (tertiary/aromatic N) is 4. The molecule has 0 radical (unpaired) electrons. The molecule has 2 aromatic heterocycles. The fourth-order valence-corrected chi connectivity index (χ4v) is 2.42. The van der Waals surface area contributed by atoms with Gasteiger partial charge < -0.3 is 10.1 Å². The SMILES string of the molecule is Cc1nccn1-c1ncccc1NC(=O)COc1ccc(CC#N)cc1. The molecule has 0 atom stereocenters. The number of pyridine rings is 1. The molecular formula is C19H17N5O2. The van der Waals surface area contributed by atoms with Gasteiger partial charge in [0.05, 0.1) is 18.2 Å². The number of hydrogen-bond donors (Lipinski definition) is 1. The van der Waals surface area contributed by atoms with Crippen molar-refractivity contribution in [1.82, 2.24) is 14.5 Å². The van der Waals surface area contributed by atoms with Crippen LogP contribution in [0.4, 0.5) is 5.69 Å². The molecule has 3 aromatic rings. The highest BCUT2D eigenvalue weighted by atomic mass is 16.5. The molecule has 0 spiro atoms. The lowest BCUT2D eigenvalue weighted by molar-refractivity contribution is -0.118. The molecule has 7 heteroatoms. The number of carbonyl (C=O) groups is 1. The second kappa shape index (κ2) is 7.94. The molecule has 0 saturated carbocycles. The Bertz CT molecular complexity index is 941. The smallest absolute Gasteiger partial charge is 0.262 e. The molecule has 1 aromatic carbocycles. The molecule has 0 bridgehead atoms. The Balaban J connectivity index is 1.64. The number of ether oxygens (including phenoxy) is 1. The summed E-state index contributed by atoms with van der Waals surface area (Å²) in [6.07, 6.45) is 5.46. The standard InChI is InChI=1S/C19H17N5O2/c1-14-21-11-12-24(14)19-17(3-2-10-22-19)23-18(25)13-26-16-6-4-15(5-7-16)8-9-20/h2-7,10-12H,8,13H2,1H3,(H,23,25). The predicted octanol–water partition coefficient (Wildman–Crippen LogP) is 2.66. The first kappa shape index (κ1) is 17.2. The van der Waals surface area contributed by atoms with Crippen molar-refractivity contribution in [2.75, 3.05) is 11.9 Å². The van der Waals surface area contributed by atoms with E-state index in [1.54, 1.807) is 59.6 Å². The summed E-state index contributed by atoms with van der Waals surface area (Å²) in [5.74, 6) is 1.64. The second-order valence-electron chi connectivity index (χ2n) is 5.53. The van der Waals surface area contributed by atoms with Gasteiger partial charge in [-0.15, -0.1) is 0 Å². The van der Waals surface area contributed by atoms with Gasteiger partial charge in [0.25, 0.3) is 5.91 Å². The lowest BCUT2D eigenvalue weighted by atomic mass is 10.2. The molecule has 0 saturated heterocycles. The maximum Gasteiger partial charge on any atom is 0.262 e. The topological polar surface area (TPSA) is 92.8 Å². The van der Waals surface area contributed by atoms with E-state index in [4.69, 9.17) is 10.00 Å². The van der Waals surface area contributed by atoms with Gasteiger partial charge >= 0.3 is 0 Å². The fraction of sp³-hybridized carbons (Fsp3) is 0.158. The highest BCUT2D eigenvalue weighted by Crippen LogP contribution is 2.18. The average molecular weight is 347 g/mol. The van der Waals surface area contributed by atoms with Gasteiger partial charge in [-0.3, -0.25) is 9.36 Å².